The van der Waals surface area contributed by atoms with Gasteiger partial charge in [0.15, 0.2) is 0 Å². The Morgan fingerprint density at radius 3 is 2.37 bits per heavy atom. The number of amides is 1. The Morgan fingerprint density at radius 2 is 1.81 bits per heavy atom. The van der Waals surface area contributed by atoms with Gasteiger partial charge in [-0.3, -0.25) is 4.79 Å². The molecule has 1 unspecified atom stereocenters. The van der Waals surface area contributed by atoms with Crippen molar-refractivity contribution < 1.29 is 23.3 Å². The van der Waals surface area contributed by atoms with Crippen LogP contribution in [0.5, 0.6) is 0 Å². The molecule has 0 aromatic heterocycles. The fourth-order valence-electron chi connectivity index (χ4n) is 3.38. The second kappa shape index (κ2) is 7.69. The average Bonchev–Trinajstić information content (AvgIpc) is 3.03. The summed E-state index contributed by atoms with van der Waals surface area (Å²) in [7, 11) is -1.39. The molecule has 7 nitrogen and oxygen atoms in total. The summed E-state index contributed by atoms with van der Waals surface area (Å²) >= 11 is 0. The summed E-state index contributed by atoms with van der Waals surface area (Å²) in [6.45, 7) is 7.59. The number of hydrogen-bond acceptors (Lipinski definition) is 5. The summed E-state index contributed by atoms with van der Waals surface area (Å²) in [5.74, 6) is 0. The molecule has 2 heterocycles. The molecular weight excluding hydrogens is 368 g/mol. The molecule has 2 aliphatic rings. The van der Waals surface area contributed by atoms with Crippen LogP contribution in [0.1, 0.15) is 44.0 Å². The summed E-state index contributed by atoms with van der Waals surface area (Å²) in [5, 5.41) is 0. The largest absolute Gasteiger partial charge is 0.444 e. The number of hydrogen-bond donors (Lipinski definition) is 0. The monoisotopic (exact) mass is 394 g/mol. The number of piperidine rings is 1. The number of carbonyl (C=O) groups is 2. The van der Waals surface area contributed by atoms with Gasteiger partial charge in [-0.1, -0.05) is 12.1 Å². The van der Waals surface area contributed by atoms with E-state index in [-0.39, 0.29) is 6.09 Å². The number of nitrogens with zero attached hydrogens (tertiary/aromatic N) is 2. The lowest BCUT2D eigenvalue weighted by Gasteiger charge is -2.42. The van der Waals surface area contributed by atoms with E-state index in [9.17, 15) is 13.8 Å². The minimum Gasteiger partial charge on any atom is -0.444 e. The lowest BCUT2D eigenvalue weighted by Crippen LogP contribution is -2.55. The molecule has 8 heteroatoms. The Bertz CT molecular complexity index is 721. The summed E-state index contributed by atoms with van der Waals surface area (Å²) in [6.07, 6.45) is 1.58. The number of ether oxygens (including phenoxy) is 2. The summed E-state index contributed by atoms with van der Waals surface area (Å²) < 4.78 is 26.4. The molecule has 148 valence electrons. The van der Waals surface area contributed by atoms with E-state index in [0.29, 0.717) is 49.5 Å². The fourth-order valence-corrected chi connectivity index (χ4v) is 4.78. The Kier molecular flexibility index (Phi) is 5.69. The quantitative estimate of drug-likeness (QED) is 0.737. The molecule has 2 fully saturated rings. The van der Waals surface area contributed by atoms with Crippen molar-refractivity contribution in [2.75, 3.05) is 26.2 Å². The first-order valence-corrected chi connectivity index (χ1v) is 10.2. The van der Waals surface area contributed by atoms with Crippen molar-refractivity contribution in [2.45, 2.75) is 49.8 Å². The van der Waals surface area contributed by atoms with Crippen LogP contribution in [-0.4, -0.2) is 63.4 Å². The molecule has 0 radical (unpaired) electrons. The van der Waals surface area contributed by atoms with E-state index >= 15 is 0 Å². The zero-order valence-electron chi connectivity index (χ0n) is 16.0. The van der Waals surface area contributed by atoms with Gasteiger partial charge in [-0.25, -0.2) is 9.00 Å². The smallest absolute Gasteiger partial charge is 0.410 e. The van der Waals surface area contributed by atoms with Crippen molar-refractivity contribution >= 4 is 23.4 Å². The van der Waals surface area contributed by atoms with Gasteiger partial charge in [0.1, 0.15) is 28.6 Å². The first-order chi connectivity index (χ1) is 12.7. The van der Waals surface area contributed by atoms with Crippen molar-refractivity contribution in [1.82, 2.24) is 9.21 Å². The number of carbonyl (C=O) groups excluding carboxylic acids is 2. The number of aldehydes is 1. The topological polar surface area (TPSA) is 76.2 Å². The van der Waals surface area contributed by atoms with Crippen LogP contribution in [-0.2, 0) is 20.5 Å². The molecule has 0 N–H and O–H groups in total. The Balaban J connectivity index is 1.68. The van der Waals surface area contributed by atoms with Crippen LogP contribution in [0, 0.1) is 0 Å². The van der Waals surface area contributed by atoms with Crippen LogP contribution in [0.15, 0.2) is 29.2 Å². The molecule has 0 saturated carbocycles. The van der Waals surface area contributed by atoms with Crippen LogP contribution in [0.3, 0.4) is 0 Å². The van der Waals surface area contributed by atoms with Crippen molar-refractivity contribution in [3.8, 4) is 0 Å². The summed E-state index contributed by atoms with van der Waals surface area (Å²) in [4.78, 5) is 25.4. The lowest BCUT2D eigenvalue weighted by atomic mass is 10.0. The fraction of sp³-hybridized carbons (Fsp3) is 0.579. The number of benzene rings is 1. The summed E-state index contributed by atoms with van der Waals surface area (Å²) in [6, 6.07) is 6.74. The maximum absolute atomic E-state index is 13.1. The van der Waals surface area contributed by atoms with E-state index in [1.54, 1.807) is 29.2 Å². The molecule has 1 atom stereocenters. The van der Waals surface area contributed by atoms with Crippen molar-refractivity contribution in [3.63, 3.8) is 0 Å². The van der Waals surface area contributed by atoms with E-state index in [0.717, 1.165) is 6.29 Å². The van der Waals surface area contributed by atoms with Gasteiger partial charge in [-0.2, -0.15) is 4.31 Å². The van der Waals surface area contributed by atoms with Crippen molar-refractivity contribution in [2.24, 2.45) is 0 Å². The Morgan fingerprint density at radius 1 is 1.19 bits per heavy atom. The van der Waals surface area contributed by atoms with Crippen LogP contribution in [0.2, 0.25) is 0 Å². The molecular formula is C19H26N2O5S. The zero-order valence-corrected chi connectivity index (χ0v) is 16.8. The van der Waals surface area contributed by atoms with Gasteiger partial charge in [-0.05, 0) is 32.9 Å². The molecule has 2 saturated heterocycles. The molecule has 0 aliphatic carbocycles. The maximum atomic E-state index is 13.1. The van der Waals surface area contributed by atoms with Gasteiger partial charge in [0, 0.05) is 38.0 Å². The van der Waals surface area contributed by atoms with Crippen LogP contribution >= 0.6 is 0 Å². The van der Waals surface area contributed by atoms with Crippen LogP contribution in [0.25, 0.3) is 0 Å². The van der Waals surface area contributed by atoms with Gasteiger partial charge < -0.3 is 14.4 Å². The van der Waals surface area contributed by atoms with Crippen LogP contribution < -0.4 is 0 Å². The second-order valence-corrected chi connectivity index (χ2v) is 9.21. The highest BCUT2D eigenvalue weighted by molar-refractivity contribution is 7.82. The third-order valence-electron chi connectivity index (χ3n) is 4.73. The highest BCUT2D eigenvalue weighted by Gasteiger charge is 2.48. The van der Waals surface area contributed by atoms with E-state index < -0.39 is 22.3 Å². The van der Waals surface area contributed by atoms with E-state index in [4.69, 9.17) is 9.47 Å². The molecule has 2 aliphatic heterocycles. The number of likely N-dealkylation sites (tertiary alicyclic amines) is 1. The third kappa shape index (κ3) is 4.39. The normalized spacial score (nSPS) is 21.2. The zero-order chi connectivity index (χ0) is 19.7. The predicted octanol–water partition coefficient (Wildman–Crippen LogP) is 2.58. The standard InChI is InChI=1S/C19H26N2O5S/c1-18(2,3)26-17(23)20-10-8-19(9-11-20)21(12-13-25-19)27(24)16-6-4-15(14-22)5-7-16/h4-7,14H,8-13H2,1-3H3. The molecule has 1 amide bonds. The van der Waals surface area contributed by atoms with E-state index in [2.05, 4.69) is 0 Å². The molecule has 0 bridgehead atoms. The third-order valence-corrected chi connectivity index (χ3v) is 6.33. The first-order valence-electron chi connectivity index (χ1n) is 9.11. The minimum atomic E-state index is -1.39. The van der Waals surface area contributed by atoms with Gasteiger partial charge in [0.05, 0.1) is 11.5 Å². The van der Waals surface area contributed by atoms with Crippen LogP contribution in [0.4, 0.5) is 4.79 Å². The second-order valence-electron chi connectivity index (χ2n) is 7.80. The molecule has 3 rings (SSSR count). The Labute approximate surface area is 162 Å². The molecule has 27 heavy (non-hydrogen) atoms. The molecule has 1 spiro atoms. The lowest BCUT2D eigenvalue weighted by molar-refractivity contribution is -0.0894. The number of rotatable bonds is 3. The Hall–Kier alpha value is -1.77. The van der Waals surface area contributed by atoms with Crippen molar-refractivity contribution in [1.29, 1.82) is 0 Å². The van der Waals surface area contributed by atoms with Gasteiger partial charge in [0.2, 0.25) is 0 Å². The SMILES string of the molecule is CC(C)(C)OC(=O)N1CCC2(CC1)OCCN2S(=O)c1ccc(C=O)cc1. The highest BCUT2D eigenvalue weighted by Crippen LogP contribution is 2.37. The van der Waals surface area contributed by atoms with Gasteiger partial charge in [-0.15, -0.1) is 0 Å². The molecule has 1 aromatic rings. The predicted molar refractivity (Wildman–Crippen MR) is 101 cm³/mol. The minimum absolute atomic E-state index is 0.326. The van der Waals surface area contributed by atoms with Gasteiger partial charge >= 0.3 is 6.09 Å². The van der Waals surface area contributed by atoms with E-state index in [1.165, 1.54) is 0 Å². The average molecular weight is 394 g/mol. The maximum Gasteiger partial charge on any atom is 0.410 e. The van der Waals surface area contributed by atoms with E-state index in [1.807, 2.05) is 25.1 Å². The highest BCUT2D eigenvalue weighted by atomic mass is 32.2. The summed E-state index contributed by atoms with van der Waals surface area (Å²) in [5.41, 5.74) is -0.613. The van der Waals surface area contributed by atoms with Gasteiger partial charge in [0.25, 0.3) is 0 Å². The first kappa shape index (κ1) is 20.0. The molecule has 1 aromatic carbocycles. The van der Waals surface area contributed by atoms with Crippen molar-refractivity contribution in [3.05, 3.63) is 29.8 Å².